The van der Waals surface area contributed by atoms with Crippen molar-refractivity contribution < 1.29 is 9.53 Å². The number of piperidine rings is 1. The third-order valence-electron chi connectivity index (χ3n) is 8.34. The number of fused-ring (bicyclic) bond motifs is 1. The lowest BCUT2D eigenvalue weighted by molar-refractivity contribution is 0.0706. The first-order valence-electron chi connectivity index (χ1n) is 12.9. The van der Waals surface area contributed by atoms with E-state index < -0.39 is 0 Å². The molecule has 0 spiro atoms. The van der Waals surface area contributed by atoms with E-state index in [4.69, 9.17) is 4.74 Å². The molecule has 3 saturated heterocycles. The molecule has 0 saturated carbocycles. The predicted molar refractivity (Wildman–Crippen MR) is 128 cm³/mol. The highest BCUT2D eigenvalue weighted by Crippen LogP contribution is 2.32. The van der Waals surface area contributed by atoms with E-state index in [1.165, 1.54) is 50.1 Å². The molecule has 4 aliphatic rings. The molecule has 1 aromatic rings. The number of anilines is 1. The van der Waals surface area contributed by atoms with Gasteiger partial charge in [0.25, 0.3) is 0 Å². The Morgan fingerprint density at radius 1 is 1.00 bits per heavy atom. The van der Waals surface area contributed by atoms with Gasteiger partial charge in [-0.05, 0) is 82.2 Å². The number of likely N-dealkylation sites (tertiary alicyclic amines) is 2. The molecule has 1 aromatic carbocycles. The molecule has 0 aliphatic carbocycles. The first-order valence-corrected chi connectivity index (χ1v) is 12.9. The van der Waals surface area contributed by atoms with Crippen LogP contribution in [0.2, 0.25) is 0 Å². The molecule has 0 bridgehead atoms. The number of carbonyl (C=O) groups excluding carboxylic acids is 1. The highest BCUT2D eigenvalue weighted by atomic mass is 16.6. The Balaban J connectivity index is 1.16. The lowest BCUT2D eigenvalue weighted by atomic mass is 9.95. The highest BCUT2D eigenvalue weighted by molar-refractivity contribution is 5.67. The van der Waals surface area contributed by atoms with E-state index in [1.807, 2.05) is 11.8 Å². The number of rotatable bonds is 4. The normalized spacial score (nSPS) is 27.7. The summed E-state index contributed by atoms with van der Waals surface area (Å²) in [4.78, 5) is 21.9. The van der Waals surface area contributed by atoms with Gasteiger partial charge >= 0.3 is 6.09 Å². The Labute approximate surface area is 193 Å². The second-order valence-corrected chi connectivity index (χ2v) is 10.2. The summed E-state index contributed by atoms with van der Waals surface area (Å²) in [6.07, 6.45) is 7.14. The van der Waals surface area contributed by atoms with Crippen LogP contribution in [-0.4, -0.2) is 84.8 Å². The summed E-state index contributed by atoms with van der Waals surface area (Å²) in [7, 11) is 0. The number of amides is 1. The number of nitrogens with zero attached hydrogens (tertiary/aromatic N) is 4. The van der Waals surface area contributed by atoms with Crippen LogP contribution < -0.4 is 4.90 Å². The van der Waals surface area contributed by atoms with Crippen molar-refractivity contribution in [3.05, 3.63) is 29.3 Å². The summed E-state index contributed by atoms with van der Waals surface area (Å²) in [5, 5.41) is 0. The molecule has 4 aliphatic heterocycles. The third kappa shape index (κ3) is 4.49. The molecule has 176 valence electrons. The zero-order chi connectivity index (χ0) is 22.1. The standard InChI is InChI=1S/C26H40N4O2/c1-3-32-26(31)27-14-9-23(10-15-27)28-13-8-21-17-24(7-6-22(21)18-28)29-16-11-25(19-29)30-12-4-5-20(30)2/h6-7,17,20,23,25H,3-5,8-16,18-19H2,1-2H3. The molecule has 0 N–H and O–H groups in total. The summed E-state index contributed by atoms with van der Waals surface area (Å²) >= 11 is 0. The monoisotopic (exact) mass is 440 g/mol. The summed E-state index contributed by atoms with van der Waals surface area (Å²) in [5.41, 5.74) is 4.46. The summed E-state index contributed by atoms with van der Waals surface area (Å²) < 4.78 is 5.17. The highest BCUT2D eigenvalue weighted by Gasteiger charge is 2.34. The van der Waals surface area contributed by atoms with Crippen molar-refractivity contribution in [1.82, 2.24) is 14.7 Å². The summed E-state index contributed by atoms with van der Waals surface area (Å²) in [6.45, 7) is 12.2. The van der Waals surface area contributed by atoms with E-state index in [2.05, 4.69) is 39.8 Å². The van der Waals surface area contributed by atoms with Crippen LogP contribution >= 0.6 is 0 Å². The smallest absolute Gasteiger partial charge is 0.409 e. The maximum absolute atomic E-state index is 12.0. The summed E-state index contributed by atoms with van der Waals surface area (Å²) in [6, 6.07) is 9.30. The number of carbonyl (C=O) groups is 1. The van der Waals surface area contributed by atoms with Gasteiger partial charge in [-0.25, -0.2) is 4.79 Å². The SMILES string of the molecule is CCOC(=O)N1CCC(N2CCc3cc(N4CCC(N5CCCC5C)C4)ccc3C2)CC1. The molecule has 4 heterocycles. The molecular formula is C26H40N4O2. The molecule has 2 unspecified atom stereocenters. The number of hydrogen-bond donors (Lipinski definition) is 0. The van der Waals surface area contributed by atoms with E-state index in [1.54, 1.807) is 5.56 Å². The van der Waals surface area contributed by atoms with Gasteiger partial charge in [0, 0.05) is 63.1 Å². The Hall–Kier alpha value is -1.79. The predicted octanol–water partition coefficient (Wildman–Crippen LogP) is 3.73. The minimum absolute atomic E-state index is 0.147. The lowest BCUT2D eigenvalue weighted by Gasteiger charge is -2.40. The molecule has 2 atom stereocenters. The third-order valence-corrected chi connectivity index (χ3v) is 8.34. The van der Waals surface area contributed by atoms with Crippen LogP contribution in [0.15, 0.2) is 18.2 Å². The van der Waals surface area contributed by atoms with E-state index in [0.29, 0.717) is 12.6 Å². The molecule has 5 rings (SSSR count). The summed E-state index contributed by atoms with van der Waals surface area (Å²) in [5.74, 6) is 0. The van der Waals surface area contributed by atoms with E-state index in [-0.39, 0.29) is 6.09 Å². The fourth-order valence-corrected chi connectivity index (χ4v) is 6.44. The molecule has 3 fully saturated rings. The van der Waals surface area contributed by atoms with Gasteiger partial charge < -0.3 is 14.5 Å². The van der Waals surface area contributed by atoms with Gasteiger partial charge in [-0.1, -0.05) is 6.07 Å². The van der Waals surface area contributed by atoms with Crippen LogP contribution in [0.4, 0.5) is 10.5 Å². The molecule has 0 radical (unpaired) electrons. The average Bonchev–Trinajstić information content (AvgIpc) is 3.47. The fraction of sp³-hybridized carbons (Fsp3) is 0.731. The molecule has 0 aromatic heterocycles. The molecule has 6 heteroatoms. The Morgan fingerprint density at radius 3 is 2.56 bits per heavy atom. The van der Waals surface area contributed by atoms with E-state index in [9.17, 15) is 4.79 Å². The van der Waals surface area contributed by atoms with E-state index >= 15 is 0 Å². The topological polar surface area (TPSA) is 39.3 Å². The van der Waals surface area contributed by atoms with Gasteiger partial charge in [0.15, 0.2) is 0 Å². The molecule has 32 heavy (non-hydrogen) atoms. The van der Waals surface area contributed by atoms with Gasteiger partial charge in [0.2, 0.25) is 0 Å². The van der Waals surface area contributed by atoms with Crippen LogP contribution in [0.5, 0.6) is 0 Å². The second-order valence-electron chi connectivity index (χ2n) is 10.2. The number of ether oxygens (including phenoxy) is 1. The largest absolute Gasteiger partial charge is 0.450 e. The first-order chi connectivity index (χ1) is 15.6. The van der Waals surface area contributed by atoms with Crippen LogP contribution in [0.1, 0.15) is 57.1 Å². The van der Waals surface area contributed by atoms with Crippen LogP contribution in [0, 0.1) is 0 Å². The van der Waals surface area contributed by atoms with Gasteiger partial charge in [-0.15, -0.1) is 0 Å². The Kier molecular flexibility index (Phi) is 6.61. The first kappa shape index (κ1) is 22.0. The fourth-order valence-electron chi connectivity index (χ4n) is 6.44. The number of benzene rings is 1. The molecular weight excluding hydrogens is 400 g/mol. The quantitative estimate of drug-likeness (QED) is 0.713. The van der Waals surface area contributed by atoms with Crippen LogP contribution in [-0.2, 0) is 17.7 Å². The molecule has 1 amide bonds. The number of hydrogen-bond acceptors (Lipinski definition) is 5. The maximum atomic E-state index is 12.0. The zero-order valence-corrected chi connectivity index (χ0v) is 20.0. The van der Waals surface area contributed by atoms with Crippen molar-refractivity contribution in [2.75, 3.05) is 50.8 Å². The Bertz CT molecular complexity index is 807. The Morgan fingerprint density at radius 2 is 1.81 bits per heavy atom. The minimum Gasteiger partial charge on any atom is -0.450 e. The lowest BCUT2D eigenvalue weighted by Crippen LogP contribution is -2.48. The second kappa shape index (κ2) is 9.60. The van der Waals surface area contributed by atoms with Gasteiger partial charge in [-0.2, -0.15) is 0 Å². The zero-order valence-electron chi connectivity index (χ0n) is 20.0. The maximum Gasteiger partial charge on any atom is 0.409 e. The molecule has 6 nitrogen and oxygen atoms in total. The van der Waals surface area contributed by atoms with Crippen molar-refractivity contribution in [3.63, 3.8) is 0 Å². The van der Waals surface area contributed by atoms with Gasteiger partial charge in [0.1, 0.15) is 0 Å². The minimum atomic E-state index is -0.147. The van der Waals surface area contributed by atoms with Crippen LogP contribution in [0.25, 0.3) is 0 Å². The van der Waals surface area contributed by atoms with Crippen molar-refractivity contribution in [2.45, 2.75) is 77.0 Å². The van der Waals surface area contributed by atoms with Crippen molar-refractivity contribution >= 4 is 11.8 Å². The van der Waals surface area contributed by atoms with Crippen LogP contribution in [0.3, 0.4) is 0 Å². The average molecular weight is 441 g/mol. The van der Waals surface area contributed by atoms with Crippen molar-refractivity contribution in [1.29, 1.82) is 0 Å². The van der Waals surface area contributed by atoms with E-state index in [0.717, 1.165) is 57.5 Å². The van der Waals surface area contributed by atoms with Gasteiger partial charge in [-0.3, -0.25) is 9.80 Å². The van der Waals surface area contributed by atoms with Gasteiger partial charge in [0.05, 0.1) is 6.61 Å². The van der Waals surface area contributed by atoms with Crippen molar-refractivity contribution in [3.8, 4) is 0 Å². The van der Waals surface area contributed by atoms with Crippen molar-refractivity contribution in [2.24, 2.45) is 0 Å².